The molecule has 6 aromatic carbocycles. The van der Waals surface area contributed by atoms with Crippen molar-refractivity contribution >= 4 is 27.6 Å². The van der Waals surface area contributed by atoms with Crippen LogP contribution in [0.3, 0.4) is 0 Å². The Hall–Kier alpha value is -5.21. The summed E-state index contributed by atoms with van der Waals surface area (Å²) in [5.41, 5.74) is 11.4. The molecule has 7 aromatic rings. The summed E-state index contributed by atoms with van der Waals surface area (Å²) in [6.07, 6.45) is 0. The monoisotopic (exact) mass is 497 g/mol. The van der Waals surface area contributed by atoms with Gasteiger partial charge in [-0.1, -0.05) is 115 Å². The Kier molecular flexibility index (Phi) is 4.71. The molecule has 8 rings (SSSR count). The summed E-state index contributed by atoms with van der Waals surface area (Å²) in [5.74, 6) is 0.104. The number of carbonyl (C=O) groups is 1. The van der Waals surface area contributed by atoms with Gasteiger partial charge in [-0.2, -0.15) is 0 Å². The third-order valence-electron chi connectivity index (χ3n) is 7.99. The number of aromatic nitrogens is 1. The van der Waals surface area contributed by atoms with Gasteiger partial charge in [0.1, 0.15) is 0 Å². The molecule has 0 N–H and O–H groups in total. The van der Waals surface area contributed by atoms with Crippen LogP contribution in [-0.4, -0.2) is 10.4 Å². The molecule has 0 bridgehead atoms. The third kappa shape index (κ3) is 3.19. The Balaban J connectivity index is 1.27. The maximum atomic E-state index is 13.5. The van der Waals surface area contributed by atoms with Crippen LogP contribution in [0.5, 0.6) is 0 Å². The van der Waals surface area contributed by atoms with E-state index in [4.69, 9.17) is 0 Å². The second-order valence-electron chi connectivity index (χ2n) is 10.1. The molecule has 0 amide bonds. The minimum atomic E-state index is 0.104. The van der Waals surface area contributed by atoms with Crippen molar-refractivity contribution < 1.29 is 4.79 Å². The lowest BCUT2D eigenvalue weighted by molar-refractivity contribution is 0.104. The van der Waals surface area contributed by atoms with Gasteiger partial charge in [-0.3, -0.25) is 4.79 Å². The number of hydrogen-bond donors (Lipinski definition) is 0. The van der Waals surface area contributed by atoms with Gasteiger partial charge in [-0.05, 0) is 57.6 Å². The lowest BCUT2D eigenvalue weighted by atomic mass is 9.89. The number of fused-ring (bicyclic) bond motifs is 6. The van der Waals surface area contributed by atoms with Gasteiger partial charge in [0.2, 0.25) is 0 Å². The highest BCUT2D eigenvalue weighted by molar-refractivity contribution is 6.25. The maximum absolute atomic E-state index is 13.5. The van der Waals surface area contributed by atoms with Crippen molar-refractivity contribution in [3.63, 3.8) is 0 Å². The van der Waals surface area contributed by atoms with Gasteiger partial charge >= 0.3 is 0 Å². The van der Waals surface area contributed by atoms with Crippen molar-refractivity contribution in [3.05, 3.63) is 151 Å². The first-order valence-electron chi connectivity index (χ1n) is 13.2. The molecule has 0 saturated carbocycles. The van der Waals surface area contributed by atoms with Crippen molar-refractivity contribution in [1.29, 1.82) is 0 Å². The fourth-order valence-corrected chi connectivity index (χ4v) is 6.26. The zero-order valence-electron chi connectivity index (χ0n) is 21.1. The molecule has 0 unspecified atom stereocenters. The van der Waals surface area contributed by atoms with Gasteiger partial charge in [0, 0.05) is 27.6 Å². The number of hydrogen-bond acceptors (Lipinski definition) is 1. The standard InChI is InChI=1S/C37H23NO/c39-37-33-15-4-3-12-28(33)32-17-9-16-31(36(32)37)27-11-2-1-10-26(27)24-20-22-25(23-21-24)38-34-18-7-5-13-29(34)30-14-6-8-19-35(30)38/h1-23H. The van der Waals surface area contributed by atoms with E-state index in [1.54, 1.807) is 0 Å². The third-order valence-corrected chi connectivity index (χ3v) is 7.99. The molecule has 0 radical (unpaired) electrons. The number of rotatable bonds is 3. The molecular weight excluding hydrogens is 474 g/mol. The second kappa shape index (κ2) is 8.41. The SMILES string of the molecule is O=C1c2ccccc2-c2cccc(-c3ccccc3-c3ccc(-n4c5ccccc5c5ccccc54)cc3)c21. The predicted molar refractivity (Wildman–Crippen MR) is 161 cm³/mol. The van der Waals surface area contributed by atoms with Gasteiger partial charge < -0.3 is 4.57 Å². The molecule has 0 spiro atoms. The summed E-state index contributed by atoms with van der Waals surface area (Å²) in [6.45, 7) is 0. The normalized spacial score (nSPS) is 12.2. The summed E-state index contributed by atoms with van der Waals surface area (Å²) >= 11 is 0. The first-order chi connectivity index (χ1) is 19.3. The average molecular weight is 498 g/mol. The second-order valence-corrected chi connectivity index (χ2v) is 10.1. The van der Waals surface area contributed by atoms with Crippen molar-refractivity contribution in [2.75, 3.05) is 0 Å². The Morgan fingerprint density at radius 3 is 1.46 bits per heavy atom. The van der Waals surface area contributed by atoms with Crippen LogP contribution < -0.4 is 0 Å². The quantitative estimate of drug-likeness (QED) is 0.238. The topological polar surface area (TPSA) is 22.0 Å². The molecule has 0 fully saturated rings. The first kappa shape index (κ1) is 21.8. The van der Waals surface area contributed by atoms with E-state index in [9.17, 15) is 4.79 Å². The van der Waals surface area contributed by atoms with Crippen LogP contribution in [0.4, 0.5) is 0 Å². The van der Waals surface area contributed by atoms with Gasteiger partial charge in [0.15, 0.2) is 5.78 Å². The van der Waals surface area contributed by atoms with E-state index in [0.717, 1.165) is 50.2 Å². The molecule has 1 heterocycles. The lowest BCUT2D eigenvalue weighted by Gasteiger charge is -2.14. The Bertz CT molecular complexity index is 2020. The number of nitrogens with zero attached hydrogens (tertiary/aromatic N) is 1. The summed E-state index contributed by atoms with van der Waals surface area (Å²) in [7, 11) is 0. The molecule has 0 saturated heterocycles. The van der Waals surface area contributed by atoms with E-state index in [1.807, 2.05) is 24.3 Å². The summed E-state index contributed by atoms with van der Waals surface area (Å²) in [4.78, 5) is 13.5. The highest BCUT2D eigenvalue weighted by Gasteiger charge is 2.29. The van der Waals surface area contributed by atoms with Crippen LogP contribution in [0.1, 0.15) is 15.9 Å². The number of benzene rings is 6. The Morgan fingerprint density at radius 1 is 0.385 bits per heavy atom. The number of carbonyl (C=O) groups excluding carboxylic acids is 1. The van der Waals surface area contributed by atoms with Gasteiger partial charge in [0.05, 0.1) is 11.0 Å². The molecule has 1 aliphatic rings. The van der Waals surface area contributed by atoms with E-state index in [2.05, 4.69) is 120 Å². The molecule has 2 nitrogen and oxygen atoms in total. The minimum Gasteiger partial charge on any atom is -0.309 e. The van der Waals surface area contributed by atoms with Crippen molar-refractivity contribution in [1.82, 2.24) is 4.57 Å². The Labute approximate surface area is 226 Å². The zero-order valence-corrected chi connectivity index (χ0v) is 21.1. The lowest BCUT2D eigenvalue weighted by Crippen LogP contribution is -1.99. The van der Waals surface area contributed by atoms with E-state index >= 15 is 0 Å². The maximum Gasteiger partial charge on any atom is 0.194 e. The van der Waals surface area contributed by atoms with Crippen LogP contribution in [0.2, 0.25) is 0 Å². The van der Waals surface area contributed by atoms with E-state index in [-0.39, 0.29) is 5.78 Å². The largest absolute Gasteiger partial charge is 0.309 e. The molecule has 0 aliphatic heterocycles. The fraction of sp³-hybridized carbons (Fsp3) is 0. The van der Waals surface area contributed by atoms with Crippen molar-refractivity contribution in [3.8, 4) is 39.1 Å². The Morgan fingerprint density at radius 2 is 0.846 bits per heavy atom. The summed E-state index contributed by atoms with van der Waals surface area (Å²) in [6, 6.07) is 48.4. The van der Waals surface area contributed by atoms with Crippen LogP contribution in [0.15, 0.2) is 140 Å². The van der Waals surface area contributed by atoms with E-state index in [0.29, 0.717) is 0 Å². The summed E-state index contributed by atoms with van der Waals surface area (Å²) < 4.78 is 2.33. The smallest absolute Gasteiger partial charge is 0.194 e. The molecule has 2 heteroatoms. The van der Waals surface area contributed by atoms with Crippen molar-refractivity contribution in [2.24, 2.45) is 0 Å². The van der Waals surface area contributed by atoms with E-state index < -0.39 is 0 Å². The molecule has 1 aliphatic carbocycles. The van der Waals surface area contributed by atoms with E-state index in [1.165, 1.54) is 21.8 Å². The molecular formula is C37H23NO. The number of para-hydroxylation sites is 2. The molecule has 182 valence electrons. The van der Waals surface area contributed by atoms with Gasteiger partial charge in [-0.25, -0.2) is 0 Å². The summed E-state index contributed by atoms with van der Waals surface area (Å²) in [5, 5.41) is 2.51. The van der Waals surface area contributed by atoms with Crippen LogP contribution in [-0.2, 0) is 0 Å². The molecule has 39 heavy (non-hydrogen) atoms. The predicted octanol–water partition coefficient (Wildman–Crippen LogP) is 9.33. The van der Waals surface area contributed by atoms with Gasteiger partial charge in [0.25, 0.3) is 0 Å². The van der Waals surface area contributed by atoms with Crippen LogP contribution in [0.25, 0.3) is 60.9 Å². The number of ketones is 1. The van der Waals surface area contributed by atoms with Crippen LogP contribution in [0, 0.1) is 0 Å². The first-order valence-corrected chi connectivity index (χ1v) is 13.2. The fourth-order valence-electron chi connectivity index (χ4n) is 6.26. The highest BCUT2D eigenvalue weighted by atomic mass is 16.1. The highest BCUT2D eigenvalue weighted by Crippen LogP contribution is 2.44. The van der Waals surface area contributed by atoms with Gasteiger partial charge in [-0.15, -0.1) is 0 Å². The minimum absolute atomic E-state index is 0.104. The van der Waals surface area contributed by atoms with Crippen LogP contribution >= 0.6 is 0 Å². The average Bonchev–Trinajstić information content (AvgIpc) is 3.50. The zero-order chi connectivity index (χ0) is 25.9. The molecule has 1 aromatic heterocycles. The van der Waals surface area contributed by atoms with Crippen molar-refractivity contribution in [2.45, 2.75) is 0 Å². The molecule has 0 atom stereocenters.